The van der Waals surface area contributed by atoms with Gasteiger partial charge in [0.1, 0.15) is 6.10 Å². The first-order chi connectivity index (χ1) is 8.78. The van der Waals surface area contributed by atoms with Gasteiger partial charge in [0, 0.05) is 19.6 Å². The van der Waals surface area contributed by atoms with Gasteiger partial charge in [-0.2, -0.15) is 0 Å². The molecular formula is C12H18O6S. The van der Waals surface area contributed by atoms with Crippen LogP contribution in [0.5, 0.6) is 0 Å². The second kappa shape index (κ2) is 5.40. The predicted octanol–water partition coefficient (Wildman–Crippen LogP) is 1.07. The molecule has 0 aromatic rings. The first kappa shape index (κ1) is 14.8. The monoisotopic (exact) mass is 290 g/mol. The lowest BCUT2D eigenvalue weighted by Crippen LogP contribution is -2.39. The molecule has 108 valence electrons. The molecule has 2 heterocycles. The Morgan fingerprint density at radius 2 is 1.95 bits per heavy atom. The lowest BCUT2D eigenvalue weighted by atomic mass is 10.1. The number of carbonyl (C=O) groups excluding carboxylic acids is 2. The van der Waals surface area contributed by atoms with Crippen LogP contribution in [0.1, 0.15) is 27.7 Å². The van der Waals surface area contributed by atoms with E-state index in [9.17, 15) is 9.59 Å². The highest BCUT2D eigenvalue weighted by Gasteiger charge is 2.56. The van der Waals surface area contributed by atoms with Gasteiger partial charge in [-0.25, -0.2) is 0 Å². The average Bonchev–Trinajstić information content (AvgIpc) is 2.69. The normalized spacial score (nSPS) is 36.0. The van der Waals surface area contributed by atoms with Crippen LogP contribution in [0, 0.1) is 0 Å². The summed E-state index contributed by atoms with van der Waals surface area (Å²) in [5.74, 6) is -0.750. The van der Waals surface area contributed by atoms with Crippen LogP contribution in [0.15, 0.2) is 0 Å². The van der Waals surface area contributed by atoms with E-state index in [1.54, 1.807) is 13.8 Å². The summed E-state index contributed by atoms with van der Waals surface area (Å²) >= 11 is 1.13. The van der Waals surface area contributed by atoms with Crippen LogP contribution in [-0.2, 0) is 28.5 Å². The molecule has 2 fully saturated rings. The Morgan fingerprint density at radius 1 is 1.26 bits per heavy atom. The van der Waals surface area contributed by atoms with Crippen LogP contribution in [-0.4, -0.2) is 47.2 Å². The Morgan fingerprint density at radius 3 is 2.53 bits per heavy atom. The van der Waals surface area contributed by atoms with Crippen molar-refractivity contribution in [2.24, 2.45) is 0 Å². The van der Waals surface area contributed by atoms with E-state index in [1.165, 1.54) is 13.8 Å². The molecule has 2 saturated heterocycles. The van der Waals surface area contributed by atoms with Crippen molar-refractivity contribution in [2.75, 3.05) is 5.75 Å². The van der Waals surface area contributed by atoms with Crippen molar-refractivity contribution in [2.45, 2.75) is 58.1 Å². The number of fused-ring (bicyclic) bond motifs is 1. The Kier molecular flexibility index (Phi) is 4.20. The van der Waals surface area contributed by atoms with Crippen LogP contribution in [0.25, 0.3) is 0 Å². The fourth-order valence-electron chi connectivity index (χ4n) is 2.21. The summed E-state index contributed by atoms with van der Waals surface area (Å²) in [5, 5.41) is -0.00981. The fraction of sp³-hybridized carbons (Fsp3) is 0.833. The number of ether oxygens (including phenoxy) is 4. The van der Waals surface area contributed by atoms with E-state index in [1.807, 2.05) is 0 Å². The predicted molar refractivity (Wildman–Crippen MR) is 67.4 cm³/mol. The number of thioether (sulfide) groups is 1. The van der Waals surface area contributed by atoms with E-state index in [4.69, 9.17) is 18.9 Å². The second-order valence-electron chi connectivity index (χ2n) is 5.02. The quantitative estimate of drug-likeness (QED) is 0.720. The third-order valence-corrected chi connectivity index (χ3v) is 3.74. The lowest BCUT2D eigenvalue weighted by molar-refractivity contribution is -0.215. The molecule has 4 atom stereocenters. The number of hydrogen-bond donors (Lipinski definition) is 0. The Bertz CT molecular complexity index is 382. The minimum atomic E-state index is -0.758. The number of rotatable bonds is 3. The molecule has 0 aromatic heterocycles. The van der Waals surface area contributed by atoms with Crippen molar-refractivity contribution < 1.29 is 28.5 Å². The molecule has 2 rings (SSSR count). The lowest BCUT2D eigenvalue weighted by Gasteiger charge is -2.25. The molecule has 6 nitrogen and oxygen atoms in total. The molecule has 0 bridgehead atoms. The number of hydrogen-bond acceptors (Lipinski definition) is 7. The van der Waals surface area contributed by atoms with E-state index in [2.05, 4.69) is 0 Å². The summed E-state index contributed by atoms with van der Waals surface area (Å²) in [5.41, 5.74) is 0. The second-order valence-corrected chi connectivity index (χ2v) is 6.22. The summed E-state index contributed by atoms with van der Waals surface area (Å²) in [6.45, 7) is 6.37. The third-order valence-electron chi connectivity index (χ3n) is 2.84. The van der Waals surface area contributed by atoms with Gasteiger partial charge in [-0.15, -0.1) is 0 Å². The van der Waals surface area contributed by atoms with Gasteiger partial charge in [0.05, 0.1) is 0 Å². The summed E-state index contributed by atoms with van der Waals surface area (Å²) in [4.78, 5) is 22.2. The summed E-state index contributed by atoms with van der Waals surface area (Å²) in [6, 6.07) is 0. The molecule has 0 radical (unpaired) electrons. The zero-order chi connectivity index (χ0) is 14.2. The molecule has 0 amide bonds. The van der Waals surface area contributed by atoms with Crippen molar-refractivity contribution >= 4 is 22.8 Å². The first-order valence-electron chi connectivity index (χ1n) is 6.10. The average molecular weight is 290 g/mol. The van der Waals surface area contributed by atoms with Gasteiger partial charge < -0.3 is 18.9 Å². The van der Waals surface area contributed by atoms with Gasteiger partial charge in [-0.3, -0.25) is 9.59 Å². The highest BCUT2D eigenvalue weighted by Crippen LogP contribution is 2.39. The summed E-state index contributed by atoms with van der Waals surface area (Å²) < 4.78 is 22.3. The summed E-state index contributed by atoms with van der Waals surface area (Å²) in [6.07, 6.45) is -1.95. The van der Waals surface area contributed by atoms with Gasteiger partial charge in [-0.05, 0) is 13.8 Å². The van der Waals surface area contributed by atoms with Crippen LogP contribution in [0.4, 0.5) is 0 Å². The molecular weight excluding hydrogens is 272 g/mol. The maximum absolute atomic E-state index is 11.2. The zero-order valence-electron chi connectivity index (χ0n) is 11.4. The van der Waals surface area contributed by atoms with Crippen LogP contribution < -0.4 is 0 Å². The van der Waals surface area contributed by atoms with E-state index in [0.717, 1.165) is 11.8 Å². The standard InChI is InChI=1S/C12H18O6S/c1-6(13)15-9-8(5-19-7(2)14)16-11-10(9)17-12(3,4)18-11/h8-11H,5H2,1-4H3/t8-,9+,10-,11-/m1/s1. The van der Waals surface area contributed by atoms with Crippen molar-refractivity contribution in [3.63, 3.8) is 0 Å². The molecule has 0 spiro atoms. The maximum Gasteiger partial charge on any atom is 0.303 e. The molecule has 0 aromatic carbocycles. The molecule has 19 heavy (non-hydrogen) atoms. The van der Waals surface area contributed by atoms with E-state index < -0.39 is 36.4 Å². The Hall–Kier alpha value is -0.630. The minimum Gasteiger partial charge on any atom is -0.457 e. The van der Waals surface area contributed by atoms with Crippen LogP contribution in [0.2, 0.25) is 0 Å². The zero-order valence-corrected chi connectivity index (χ0v) is 12.2. The Labute approximate surface area is 116 Å². The molecule has 0 unspecified atom stereocenters. The molecule has 0 N–H and O–H groups in total. The minimum absolute atomic E-state index is 0.00981. The van der Waals surface area contributed by atoms with Gasteiger partial charge in [0.15, 0.2) is 29.4 Å². The fourth-order valence-corrected chi connectivity index (χ4v) is 2.88. The SMILES string of the molecule is CC(=O)O[C@@H]1[C@H]2OC(C)(C)O[C@H]2O[C@@H]1CSC(C)=O. The highest BCUT2D eigenvalue weighted by atomic mass is 32.2. The molecule has 7 heteroatoms. The summed E-state index contributed by atoms with van der Waals surface area (Å²) in [7, 11) is 0. The largest absolute Gasteiger partial charge is 0.457 e. The molecule has 2 aliphatic heterocycles. The van der Waals surface area contributed by atoms with E-state index in [-0.39, 0.29) is 5.12 Å². The van der Waals surface area contributed by atoms with Gasteiger partial charge in [0.2, 0.25) is 0 Å². The Balaban J connectivity index is 2.05. The van der Waals surface area contributed by atoms with Crippen molar-refractivity contribution in [3.05, 3.63) is 0 Å². The first-order valence-corrected chi connectivity index (χ1v) is 7.09. The van der Waals surface area contributed by atoms with Gasteiger partial charge in [-0.1, -0.05) is 11.8 Å². The van der Waals surface area contributed by atoms with Gasteiger partial charge >= 0.3 is 5.97 Å². The molecule has 0 aliphatic carbocycles. The number of carbonyl (C=O) groups is 2. The smallest absolute Gasteiger partial charge is 0.303 e. The topological polar surface area (TPSA) is 71.1 Å². The van der Waals surface area contributed by atoms with Crippen molar-refractivity contribution in [1.82, 2.24) is 0 Å². The number of esters is 1. The van der Waals surface area contributed by atoms with Crippen molar-refractivity contribution in [1.29, 1.82) is 0 Å². The molecule has 2 aliphatic rings. The molecule has 0 saturated carbocycles. The van der Waals surface area contributed by atoms with Crippen LogP contribution >= 0.6 is 11.8 Å². The third kappa shape index (κ3) is 3.47. The highest BCUT2D eigenvalue weighted by molar-refractivity contribution is 8.13. The van der Waals surface area contributed by atoms with Gasteiger partial charge in [0.25, 0.3) is 0 Å². The maximum atomic E-state index is 11.2. The van der Waals surface area contributed by atoms with Crippen LogP contribution in [0.3, 0.4) is 0 Å². The van der Waals surface area contributed by atoms with E-state index in [0.29, 0.717) is 5.75 Å². The van der Waals surface area contributed by atoms with Crippen molar-refractivity contribution in [3.8, 4) is 0 Å². The van der Waals surface area contributed by atoms with E-state index >= 15 is 0 Å².